The van der Waals surface area contributed by atoms with Gasteiger partial charge in [0.05, 0.1) is 12.2 Å². The third-order valence-electron chi connectivity index (χ3n) is 9.71. The van der Waals surface area contributed by atoms with Crippen LogP contribution in [-0.4, -0.2) is 18.7 Å². The molecule has 0 aromatic heterocycles. The minimum Gasteiger partial charge on any atom is -0.491 e. The van der Waals surface area contributed by atoms with Crippen LogP contribution in [0, 0.1) is 34.9 Å². The molecule has 252 valence electrons. The van der Waals surface area contributed by atoms with Gasteiger partial charge in [0, 0.05) is 0 Å². The van der Waals surface area contributed by atoms with E-state index < -0.39 is 52.5 Å². The van der Waals surface area contributed by atoms with Gasteiger partial charge in [0.1, 0.15) is 6.10 Å². The van der Waals surface area contributed by atoms with Gasteiger partial charge in [0.2, 0.25) is 5.82 Å². The highest BCUT2D eigenvalue weighted by Gasteiger charge is 2.32. The number of hydrogen-bond acceptors (Lipinski definition) is 3. The first-order valence-corrected chi connectivity index (χ1v) is 16.5. The van der Waals surface area contributed by atoms with Crippen LogP contribution in [0.2, 0.25) is 0 Å². The summed E-state index contributed by atoms with van der Waals surface area (Å²) >= 11 is 0. The molecule has 3 nitrogen and oxygen atoms in total. The molecular formula is C38H40F6O3. The highest BCUT2D eigenvalue weighted by molar-refractivity contribution is 5.90. The van der Waals surface area contributed by atoms with Crippen molar-refractivity contribution >= 4 is 5.97 Å². The second-order valence-electron chi connectivity index (χ2n) is 12.5. The van der Waals surface area contributed by atoms with Gasteiger partial charge in [-0.1, -0.05) is 36.4 Å². The summed E-state index contributed by atoms with van der Waals surface area (Å²) in [5, 5.41) is 0. The lowest BCUT2D eigenvalue weighted by Crippen LogP contribution is -2.25. The SMILES string of the molecule is C/C=C/CCc1ccc(C2CCC(OC(=O)c3ccc(C4CCC(c5ccc(OCC)c(F)c5F)CC4)c(F)c3F)CC2)c(F)c1F. The van der Waals surface area contributed by atoms with Crippen molar-refractivity contribution in [3.63, 3.8) is 0 Å². The van der Waals surface area contributed by atoms with E-state index in [-0.39, 0.29) is 41.2 Å². The van der Waals surface area contributed by atoms with Crippen LogP contribution < -0.4 is 4.74 Å². The summed E-state index contributed by atoms with van der Waals surface area (Å²) in [5.74, 6) is -8.01. The lowest BCUT2D eigenvalue weighted by atomic mass is 9.75. The summed E-state index contributed by atoms with van der Waals surface area (Å²) < 4.78 is 99.9. The molecule has 0 radical (unpaired) electrons. The molecule has 0 saturated heterocycles. The van der Waals surface area contributed by atoms with Gasteiger partial charge in [-0.25, -0.2) is 26.7 Å². The van der Waals surface area contributed by atoms with E-state index in [4.69, 9.17) is 9.47 Å². The maximum Gasteiger partial charge on any atom is 0.341 e. The van der Waals surface area contributed by atoms with E-state index in [1.54, 1.807) is 19.1 Å². The maximum atomic E-state index is 15.3. The van der Waals surface area contributed by atoms with Crippen LogP contribution in [0.1, 0.15) is 122 Å². The number of hydrogen-bond donors (Lipinski definition) is 0. The number of rotatable bonds is 10. The maximum absolute atomic E-state index is 15.3. The molecule has 0 atom stereocenters. The second-order valence-corrected chi connectivity index (χ2v) is 12.5. The average molecular weight is 659 g/mol. The quantitative estimate of drug-likeness (QED) is 0.124. The van der Waals surface area contributed by atoms with Crippen molar-refractivity contribution in [3.05, 3.63) is 111 Å². The van der Waals surface area contributed by atoms with E-state index in [2.05, 4.69) is 0 Å². The fraction of sp³-hybridized carbons (Fsp3) is 0.447. The Morgan fingerprint density at radius 2 is 1.19 bits per heavy atom. The molecule has 47 heavy (non-hydrogen) atoms. The molecule has 2 aliphatic carbocycles. The lowest BCUT2D eigenvalue weighted by molar-refractivity contribution is 0.0188. The Morgan fingerprint density at radius 1 is 0.681 bits per heavy atom. The molecule has 0 N–H and O–H groups in total. The summed E-state index contributed by atoms with van der Waals surface area (Å²) in [4.78, 5) is 12.9. The lowest BCUT2D eigenvalue weighted by Gasteiger charge is -2.30. The molecule has 5 rings (SSSR count). The Kier molecular flexibility index (Phi) is 11.4. The third kappa shape index (κ3) is 7.54. The van der Waals surface area contributed by atoms with Gasteiger partial charge in [0.25, 0.3) is 0 Å². The Labute approximate surface area is 272 Å². The number of carbonyl (C=O) groups excluding carboxylic acids is 1. The predicted molar refractivity (Wildman–Crippen MR) is 168 cm³/mol. The van der Waals surface area contributed by atoms with E-state index in [0.29, 0.717) is 75.3 Å². The molecule has 0 spiro atoms. The van der Waals surface area contributed by atoms with Crippen LogP contribution in [-0.2, 0) is 11.2 Å². The van der Waals surface area contributed by atoms with Gasteiger partial charge in [-0.2, -0.15) is 4.39 Å². The summed E-state index contributed by atoms with van der Waals surface area (Å²) in [6.07, 6.45) is 7.69. The molecule has 2 fully saturated rings. The smallest absolute Gasteiger partial charge is 0.341 e. The average Bonchev–Trinajstić information content (AvgIpc) is 3.07. The van der Waals surface area contributed by atoms with Crippen LogP contribution in [0.3, 0.4) is 0 Å². The molecular weight excluding hydrogens is 618 g/mol. The van der Waals surface area contributed by atoms with Gasteiger partial charge < -0.3 is 9.47 Å². The van der Waals surface area contributed by atoms with Gasteiger partial charge in [0.15, 0.2) is 34.8 Å². The molecule has 3 aromatic rings. The molecule has 2 saturated carbocycles. The molecule has 9 heteroatoms. The van der Waals surface area contributed by atoms with E-state index >= 15 is 8.78 Å². The van der Waals surface area contributed by atoms with Gasteiger partial charge in [-0.15, -0.1) is 0 Å². The Bertz CT molecular complexity index is 1600. The molecule has 0 bridgehead atoms. The second kappa shape index (κ2) is 15.4. The number of carbonyl (C=O) groups is 1. The predicted octanol–water partition coefficient (Wildman–Crippen LogP) is 10.8. The van der Waals surface area contributed by atoms with E-state index in [9.17, 15) is 22.4 Å². The minimum absolute atomic E-state index is 0.137. The summed E-state index contributed by atoms with van der Waals surface area (Å²) in [6.45, 7) is 3.76. The van der Waals surface area contributed by atoms with Crippen molar-refractivity contribution in [2.75, 3.05) is 6.61 Å². The molecule has 0 heterocycles. The highest BCUT2D eigenvalue weighted by atomic mass is 19.2. The molecule has 0 aliphatic heterocycles. The number of halogens is 6. The number of ether oxygens (including phenoxy) is 2. The number of esters is 1. The van der Waals surface area contributed by atoms with E-state index in [1.165, 1.54) is 24.3 Å². The third-order valence-corrected chi connectivity index (χ3v) is 9.71. The van der Waals surface area contributed by atoms with Crippen molar-refractivity contribution in [2.45, 2.75) is 102 Å². The van der Waals surface area contributed by atoms with Crippen molar-refractivity contribution in [1.82, 2.24) is 0 Å². The largest absolute Gasteiger partial charge is 0.491 e. The molecule has 2 aliphatic rings. The van der Waals surface area contributed by atoms with Crippen LogP contribution in [0.5, 0.6) is 5.75 Å². The first-order chi connectivity index (χ1) is 22.6. The van der Waals surface area contributed by atoms with Crippen molar-refractivity contribution in [1.29, 1.82) is 0 Å². The Balaban J connectivity index is 1.16. The number of allylic oxidation sites excluding steroid dienone is 2. The topological polar surface area (TPSA) is 35.5 Å². The normalized spacial score (nSPS) is 21.6. The first kappa shape index (κ1) is 34.6. The molecule has 3 aromatic carbocycles. The van der Waals surface area contributed by atoms with Crippen molar-refractivity contribution in [2.24, 2.45) is 0 Å². The monoisotopic (exact) mass is 658 g/mol. The Morgan fingerprint density at radius 3 is 1.77 bits per heavy atom. The van der Waals surface area contributed by atoms with E-state index in [1.807, 2.05) is 19.1 Å². The zero-order valence-electron chi connectivity index (χ0n) is 26.7. The molecule has 0 amide bonds. The number of aryl methyl sites for hydroxylation is 1. The van der Waals surface area contributed by atoms with Gasteiger partial charge in [-0.05, 0) is 130 Å². The Hall–Kier alpha value is -3.75. The fourth-order valence-electron chi connectivity index (χ4n) is 7.11. The van der Waals surface area contributed by atoms with Crippen molar-refractivity contribution < 1.29 is 40.6 Å². The van der Waals surface area contributed by atoms with Crippen LogP contribution in [0.15, 0.2) is 48.6 Å². The zero-order chi connectivity index (χ0) is 33.7. The zero-order valence-corrected chi connectivity index (χ0v) is 26.7. The van der Waals surface area contributed by atoms with Gasteiger partial charge in [-0.3, -0.25) is 0 Å². The fourth-order valence-corrected chi connectivity index (χ4v) is 7.11. The first-order valence-electron chi connectivity index (χ1n) is 16.5. The minimum atomic E-state index is -1.28. The highest BCUT2D eigenvalue weighted by Crippen LogP contribution is 2.43. The van der Waals surface area contributed by atoms with Gasteiger partial charge >= 0.3 is 5.97 Å². The van der Waals surface area contributed by atoms with E-state index in [0.717, 1.165) is 0 Å². The van der Waals surface area contributed by atoms with Crippen LogP contribution in [0.4, 0.5) is 26.3 Å². The number of benzene rings is 3. The van der Waals surface area contributed by atoms with Crippen molar-refractivity contribution in [3.8, 4) is 5.75 Å². The molecule has 0 unspecified atom stereocenters. The summed E-state index contributed by atoms with van der Waals surface area (Å²) in [5.41, 5.74) is 0.510. The summed E-state index contributed by atoms with van der Waals surface area (Å²) in [7, 11) is 0. The van der Waals surface area contributed by atoms with Crippen LogP contribution >= 0.6 is 0 Å². The van der Waals surface area contributed by atoms with Crippen LogP contribution in [0.25, 0.3) is 0 Å². The summed E-state index contributed by atoms with van der Waals surface area (Å²) in [6, 6.07) is 8.81. The standard InChI is InChI=1S/C38H40F6O3/c1-3-5-6-7-25-14-17-27(33(40)32(25)39)24-12-15-26(16-13-24)47-38(45)30-19-18-28(34(41)36(30)43)22-8-10-23(11-9-22)29-20-21-31(46-4-2)37(44)35(29)42/h3,5,14,17-24,26H,4,6-13,15-16H2,1-2H3/b5-3+.